The van der Waals surface area contributed by atoms with Gasteiger partial charge in [-0.15, -0.1) is 0 Å². The zero-order valence-electron chi connectivity index (χ0n) is 14.9. The van der Waals surface area contributed by atoms with E-state index in [0.29, 0.717) is 5.56 Å². The molecule has 0 fully saturated rings. The molecule has 0 aliphatic carbocycles. The molecule has 4 N–H and O–H groups in total. The van der Waals surface area contributed by atoms with Crippen LogP contribution < -0.4 is 5.14 Å². The van der Waals surface area contributed by atoms with Gasteiger partial charge in [0.25, 0.3) is 0 Å². The van der Waals surface area contributed by atoms with Crippen LogP contribution in [0.15, 0.2) is 63.9 Å². The Morgan fingerprint density at radius 1 is 1.11 bits per heavy atom. The Morgan fingerprint density at radius 3 is 2.29 bits per heavy atom. The van der Waals surface area contributed by atoms with E-state index >= 15 is 0 Å². The van der Waals surface area contributed by atoms with Crippen LogP contribution in [0.2, 0.25) is 0 Å². The average molecular weight is 422 g/mol. The number of primary sulfonamides is 1. The van der Waals surface area contributed by atoms with E-state index in [1.807, 2.05) is 0 Å². The highest BCUT2D eigenvalue weighted by Crippen LogP contribution is 2.54. The van der Waals surface area contributed by atoms with Crippen molar-refractivity contribution in [2.45, 2.75) is 23.9 Å². The van der Waals surface area contributed by atoms with Gasteiger partial charge in [0.1, 0.15) is 11.4 Å². The van der Waals surface area contributed by atoms with Crippen molar-refractivity contribution in [1.29, 1.82) is 0 Å². The van der Waals surface area contributed by atoms with E-state index < -0.39 is 23.3 Å². The normalized spacial score (nSPS) is 13.4. The molecule has 3 rings (SSSR count). The molecule has 1 heterocycles. The van der Waals surface area contributed by atoms with Crippen LogP contribution in [0.3, 0.4) is 0 Å². The van der Waals surface area contributed by atoms with Crippen LogP contribution in [-0.2, 0) is 14.6 Å². The third-order valence-electron chi connectivity index (χ3n) is 4.21. The van der Waals surface area contributed by atoms with Gasteiger partial charge in [-0.2, -0.15) is 0 Å². The van der Waals surface area contributed by atoms with Crippen molar-refractivity contribution in [3.63, 3.8) is 0 Å². The molecule has 0 amide bonds. The lowest BCUT2D eigenvalue weighted by atomic mass is 10.1. The highest BCUT2D eigenvalue weighted by atomic mass is 32.2. The first-order chi connectivity index (χ1) is 13.1. The van der Waals surface area contributed by atoms with E-state index in [1.54, 1.807) is 43.3 Å². The number of benzene rings is 2. The molecule has 1 unspecified atom stereocenters. The van der Waals surface area contributed by atoms with Crippen molar-refractivity contribution in [3.8, 4) is 22.6 Å². The summed E-state index contributed by atoms with van der Waals surface area (Å²) < 4.78 is 41.7. The van der Waals surface area contributed by atoms with Crippen molar-refractivity contribution in [2.75, 3.05) is 0 Å². The molecule has 0 aliphatic heterocycles. The van der Waals surface area contributed by atoms with Gasteiger partial charge in [0.15, 0.2) is 5.76 Å². The maximum absolute atomic E-state index is 12.0. The SMILES string of the molecule is CCC(c1nc(-c2ccccc2)c(-c2ccccc2S(N)(=O)=O)o1)P(=O)(O)O. The van der Waals surface area contributed by atoms with Crippen molar-refractivity contribution in [2.24, 2.45) is 5.14 Å². The lowest BCUT2D eigenvalue weighted by molar-refractivity contribution is 0.343. The molecule has 10 heteroatoms. The van der Waals surface area contributed by atoms with E-state index in [1.165, 1.54) is 18.2 Å². The van der Waals surface area contributed by atoms with Gasteiger partial charge in [-0.05, 0) is 18.6 Å². The van der Waals surface area contributed by atoms with Gasteiger partial charge in [-0.1, -0.05) is 49.4 Å². The summed E-state index contributed by atoms with van der Waals surface area (Å²) >= 11 is 0. The molecule has 0 saturated carbocycles. The predicted molar refractivity (Wildman–Crippen MR) is 104 cm³/mol. The predicted octanol–water partition coefficient (Wildman–Crippen LogP) is 3.28. The maximum atomic E-state index is 12.0. The second-order valence-electron chi connectivity index (χ2n) is 6.15. The summed E-state index contributed by atoms with van der Waals surface area (Å²) in [6, 6.07) is 14.8. The maximum Gasteiger partial charge on any atom is 0.337 e. The van der Waals surface area contributed by atoms with E-state index in [-0.39, 0.29) is 34.2 Å². The molecule has 1 aromatic heterocycles. The lowest BCUT2D eigenvalue weighted by Crippen LogP contribution is -2.13. The summed E-state index contributed by atoms with van der Waals surface area (Å²) in [4.78, 5) is 23.5. The standard InChI is InChI=1S/C18H19N2O6PS/c1-2-14(27(21,22)23)18-20-16(12-8-4-3-5-9-12)17(26-18)13-10-6-7-11-15(13)28(19,24)25/h3-11,14H,2H2,1H3,(H2,19,24,25)(H2,21,22,23). The molecule has 3 aromatic rings. The highest BCUT2D eigenvalue weighted by Gasteiger charge is 2.35. The minimum Gasteiger partial charge on any atom is -0.439 e. The van der Waals surface area contributed by atoms with Crippen LogP contribution in [0.5, 0.6) is 0 Å². The zero-order chi connectivity index (χ0) is 20.5. The number of oxazole rings is 1. The first-order valence-corrected chi connectivity index (χ1v) is 11.6. The smallest absolute Gasteiger partial charge is 0.337 e. The van der Waals surface area contributed by atoms with Gasteiger partial charge in [-0.25, -0.2) is 18.5 Å². The van der Waals surface area contributed by atoms with Gasteiger partial charge in [0, 0.05) is 11.1 Å². The quantitative estimate of drug-likeness (QED) is 0.517. The Kier molecular flexibility index (Phi) is 5.56. The fourth-order valence-electron chi connectivity index (χ4n) is 2.91. The molecule has 2 aromatic carbocycles. The summed E-state index contributed by atoms with van der Waals surface area (Å²) in [5.74, 6) is -0.0772. The fraction of sp³-hybridized carbons (Fsp3) is 0.167. The Bertz CT molecular complexity index is 1140. The monoisotopic (exact) mass is 422 g/mol. The summed E-state index contributed by atoms with van der Waals surface area (Å²) in [6.07, 6.45) is 0.0926. The Balaban J connectivity index is 2.31. The number of sulfonamides is 1. The van der Waals surface area contributed by atoms with Gasteiger partial charge in [0.2, 0.25) is 15.9 Å². The summed E-state index contributed by atoms with van der Waals surface area (Å²) in [5, 5.41) is 5.33. The van der Waals surface area contributed by atoms with Gasteiger partial charge < -0.3 is 14.2 Å². The Labute approximate surface area is 162 Å². The second-order valence-corrected chi connectivity index (χ2v) is 9.48. The van der Waals surface area contributed by atoms with Gasteiger partial charge in [-0.3, -0.25) is 4.57 Å². The molecule has 0 bridgehead atoms. The van der Waals surface area contributed by atoms with Gasteiger partial charge in [0.05, 0.1) is 4.90 Å². The number of nitrogens with zero attached hydrogens (tertiary/aromatic N) is 1. The van der Waals surface area contributed by atoms with Crippen molar-refractivity contribution >= 4 is 17.6 Å². The Morgan fingerprint density at radius 2 is 1.71 bits per heavy atom. The molecule has 1 atom stereocenters. The number of rotatable bonds is 6. The minimum absolute atomic E-state index is 0.0812. The average Bonchev–Trinajstić information content (AvgIpc) is 3.06. The molecule has 0 spiro atoms. The van der Waals surface area contributed by atoms with Crippen LogP contribution in [-0.4, -0.2) is 23.2 Å². The number of aromatic nitrogens is 1. The van der Waals surface area contributed by atoms with E-state index in [2.05, 4.69) is 4.98 Å². The second kappa shape index (κ2) is 7.62. The van der Waals surface area contributed by atoms with Crippen LogP contribution in [0, 0.1) is 0 Å². The first-order valence-electron chi connectivity index (χ1n) is 8.36. The van der Waals surface area contributed by atoms with E-state index in [0.717, 1.165) is 0 Å². The zero-order valence-corrected chi connectivity index (χ0v) is 16.6. The van der Waals surface area contributed by atoms with Crippen LogP contribution >= 0.6 is 7.60 Å². The highest BCUT2D eigenvalue weighted by molar-refractivity contribution is 7.89. The third kappa shape index (κ3) is 4.09. The Hall–Kier alpha value is -2.29. The molecular formula is C18H19N2O6PS. The van der Waals surface area contributed by atoms with E-state index in [9.17, 15) is 22.8 Å². The van der Waals surface area contributed by atoms with Crippen molar-refractivity contribution in [3.05, 3.63) is 60.5 Å². The fourth-order valence-corrected chi connectivity index (χ4v) is 4.52. The number of hydrogen-bond acceptors (Lipinski definition) is 5. The molecule has 0 aliphatic rings. The van der Waals surface area contributed by atoms with Crippen molar-refractivity contribution < 1.29 is 27.2 Å². The largest absolute Gasteiger partial charge is 0.439 e. The van der Waals surface area contributed by atoms with Gasteiger partial charge >= 0.3 is 7.60 Å². The number of nitrogens with two attached hydrogens (primary N) is 1. The molecule has 8 nitrogen and oxygen atoms in total. The molecule has 28 heavy (non-hydrogen) atoms. The molecule has 0 saturated heterocycles. The summed E-state index contributed by atoms with van der Waals surface area (Å²) in [6.45, 7) is 1.61. The first kappa shape index (κ1) is 20.4. The van der Waals surface area contributed by atoms with Crippen LogP contribution in [0.1, 0.15) is 24.9 Å². The summed E-state index contributed by atoms with van der Waals surface area (Å²) in [5.41, 5.74) is -0.190. The molecule has 148 valence electrons. The summed E-state index contributed by atoms with van der Waals surface area (Å²) in [7, 11) is -8.60. The van der Waals surface area contributed by atoms with E-state index in [4.69, 9.17) is 9.56 Å². The van der Waals surface area contributed by atoms with Crippen LogP contribution in [0.4, 0.5) is 0 Å². The minimum atomic E-state index is -4.53. The molecular weight excluding hydrogens is 403 g/mol. The number of hydrogen-bond donors (Lipinski definition) is 3. The lowest BCUT2D eigenvalue weighted by Gasteiger charge is -2.12. The topological polar surface area (TPSA) is 144 Å². The van der Waals surface area contributed by atoms with Crippen molar-refractivity contribution in [1.82, 2.24) is 4.98 Å². The van der Waals surface area contributed by atoms with Crippen LogP contribution in [0.25, 0.3) is 22.6 Å². The third-order valence-corrected chi connectivity index (χ3v) is 6.57. The molecule has 0 radical (unpaired) electrons.